The predicted octanol–water partition coefficient (Wildman–Crippen LogP) is 4.01. The fourth-order valence-corrected chi connectivity index (χ4v) is 3.33. The first-order chi connectivity index (χ1) is 13.8. The van der Waals surface area contributed by atoms with Gasteiger partial charge < -0.3 is 15.5 Å². The van der Waals surface area contributed by atoms with Gasteiger partial charge in [0, 0.05) is 31.0 Å². The number of hydrogen-bond donors (Lipinski definition) is 2. The van der Waals surface area contributed by atoms with Gasteiger partial charge in [0.2, 0.25) is 5.95 Å². The first-order valence-electron chi connectivity index (χ1n) is 9.57. The molecule has 0 atom stereocenters. The highest BCUT2D eigenvalue weighted by molar-refractivity contribution is 5.59. The molecular weight excluding hydrogens is 355 g/mol. The molecule has 3 aromatic rings. The van der Waals surface area contributed by atoms with E-state index < -0.39 is 0 Å². The van der Waals surface area contributed by atoms with E-state index in [4.69, 9.17) is 0 Å². The van der Waals surface area contributed by atoms with Crippen LogP contribution in [0.1, 0.15) is 18.4 Å². The summed E-state index contributed by atoms with van der Waals surface area (Å²) in [5, 5.41) is 14.4. The van der Waals surface area contributed by atoms with Crippen LogP contribution in [0.5, 0.6) is 0 Å². The summed E-state index contributed by atoms with van der Waals surface area (Å²) in [7, 11) is 0. The minimum absolute atomic E-state index is 0.190. The van der Waals surface area contributed by atoms with Crippen molar-refractivity contribution in [2.24, 2.45) is 0 Å². The lowest BCUT2D eigenvalue weighted by Gasteiger charge is -2.17. The molecule has 2 heterocycles. The number of nitrogens with zero attached hydrogens (tertiary/aromatic N) is 4. The van der Waals surface area contributed by atoms with Crippen molar-refractivity contribution in [2.45, 2.75) is 19.3 Å². The van der Waals surface area contributed by atoms with E-state index in [1.807, 2.05) is 18.2 Å². The van der Waals surface area contributed by atoms with E-state index in [0.717, 1.165) is 18.8 Å². The molecule has 1 aliphatic heterocycles. The SMILES string of the molecule is Fc1ccccc1CCNc1cnnc(Nc2ccc(N3CCCC3)cc2)n1. The third kappa shape index (κ3) is 4.54. The Morgan fingerprint density at radius 3 is 2.57 bits per heavy atom. The Morgan fingerprint density at radius 2 is 1.79 bits per heavy atom. The number of benzene rings is 2. The van der Waals surface area contributed by atoms with Crippen LogP contribution in [-0.4, -0.2) is 34.8 Å². The molecule has 1 saturated heterocycles. The van der Waals surface area contributed by atoms with Gasteiger partial charge in [0.15, 0.2) is 5.82 Å². The van der Waals surface area contributed by atoms with Gasteiger partial charge in [-0.2, -0.15) is 10.1 Å². The molecule has 6 nitrogen and oxygen atoms in total. The van der Waals surface area contributed by atoms with Gasteiger partial charge in [-0.15, -0.1) is 5.10 Å². The molecule has 7 heteroatoms. The maximum absolute atomic E-state index is 13.7. The Hall–Kier alpha value is -3.22. The van der Waals surface area contributed by atoms with Crippen molar-refractivity contribution in [2.75, 3.05) is 35.2 Å². The summed E-state index contributed by atoms with van der Waals surface area (Å²) in [6, 6.07) is 15.0. The number of anilines is 4. The molecule has 2 N–H and O–H groups in total. The third-order valence-corrected chi connectivity index (χ3v) is 4.81. The fraction of sp³-hybridized carbons (Fsp3) is 0.286. The molecule has 28 heavy (non-hydrogen) atoms. The van der Waals surface area contributed by atoms with Crippen molar-refractivity contribution >= 4 is 23.1 Å². The molecule has 2 aromatic carbocycles. The van der Waals surface area contributed by atoms with E-state index in [1.54, 1.807) is 18.3 Å². The topological polar surface area (TPSA) is 66.0 Å². The average Bonchev–Trinajstić information content (AvgIpc) is 3.25. The number of nitrogens with one attached hydrogen (secondary N) is 2. The van der Waals surface area contributed by atoms with E-state index in [-0.39, 0.29) is 5.82 Å². The smallest absolute Gasteiger partial charge is 0.249 e. The summed E-state index contributed by atoms with van der Waals surface area (Å²) in [5.74, 6) is 0.831. The predicted molar refractivity (Wildman–Crippen MR) is 110 cm³/mol. The molecule has 0 radical (unpaired) electrons. The Balaban J connectivity index is 1.33. The van der Waals surface area contributed by atoms with Crippen LogP contribution in [0.4, 0.5) is 27.5 Å². The lowest BCUT2D eigenvalue weighted by molar-refractivity contribution is 0.610. The lowest BCUT2D eigenvalue weighted by atomic mass is 10.1. The van der Waals surface area contributed by atoms with Gasteiger partial charge >= 0.3 is 0 Å². The Morgan fingerprint density at radius 1 is 1.00 bits per heavy atom. The Labute approximate surface area is 163 Å². The minimum Gasteiger partial charge on any atom is -0.372 e. The molecule has 0 saturated carbocycles. The zero-order valence-corrected chi connectivity index (χ0v) is 15.6. The largest absolute Gasteiger partial charge is 0.372 e. The van der Waals surface area contributed by atoms with E-state index in [1.165, 1.54) is 24.6 Å². The summed E-state index contributed by atoms with van der Waals surface area (Å²) in [5.41, 5.74) is 2.83. The average molecular weight is 378 g/mol. The van der Waals surface area contributed by atoms with Crippen LogP contribution in [0.25, 0.3) is 0 Å². The van der Waals surface area contributed by atoms with Crippen LogP contribution >= 0.6 is 0 Å². The quantitative estimate of drug-likeness (QED) is 0.648. The van der Waals surface area contributed by atoms with Crippen LogP contribution in [-0.2, 0) is 6.42 Å². The summed E-state index contributed by atoms with van der Waals surface area (Å²) in [4.78, 5) is 6.81. The molecule has 1 fully saturated rings. The summed E-state index contributed by atoms with van der Waals surface area (Å²) < 4.78 is 13.7. The molecule has 0 amide bonds. The van der Waals surface area contributed by atoms with Crippen LogP contribution < -0.4 is 15.5 Å². The Kier molecular flexibility index (Phi) is 5.61. The van der Waals surface area contributed by atoms with Gasteiger partial charge in [-0.3, -0.25) is 0 Å². The highest BCUT2D eigenvalue weighted by atomic mass is 19.1. The van der Waals surface area contributed by atoms with Crippen molar-refractivity contribution < 1.29 is 4.39 Å². The molecule has 0 unspecified atom stereocenters. The summed E-state index contributed by atoms with van der Waals surface area (Å²) in [6.07, 6.45) is 4.65. The van der Waals surface area contributed by atoms with Crippen molar-refractivity contribution in [1.82, 2.24) is 15.2 Å². The molecule has 0 bridgehead atoms. The Bertz CT molecular complexity index is 909. The molecule has 0 aliphatic carbocycles. The van der Waals surface area contributed by atoms with Crippen molar-refractivity contribution in [1.29, 1.82) is 0 Å². The van der Waals surface area contributed by atoms with Gasteiger partial charge in [-0.25, -0.2) is 4.39 Å². The lowest BCUT2D eigenvalue weighted by Crippen LogP contribution is -2.17. The first-order valence-corrected chi connectivity index (χ1v) is 9.57. The van der Waals surface area contributed by atoms with Crippen LogP contribution in [0.15, 0.2) is 54.7 Å². The van der Waals surface area contributed by atoms with Gasteiger partial charge in [0.05, 0.1) is 6.20 Å². The molecule has 1 aromatic heterocycles. The molecule has 144 valence electrons. The zero-order valence-electron chi connectivity index (χ0n) is 15.6. The van der Waals surface area contributed by atoms with E-state index in [0.29, 0.717) is 30.3 Å². The number of rotatable bonds is 7. The second-order valence-electron chi connectivity index (χ2n) is 6.80. The maximum Gasteiger partial charge on any atom is 0.249 e. The normalized spacial score (nSPS) is 13.5. The second kappa shape index (κ2) is 8.65. The second-order valence-corrected chi connectivity index (χ2v) is 6.80. The van der Waals surface area contributed by atoms with Gasteiger partial charge in [0.25, 0.3) is 0 Å². The van der Waals surface area contributed by atoms with E-state index >= 15 is 0 Å². The van der Waals surface area contributed by atoms with Gasteiger partial charge in [-0.1, -0.05) is 18.2 Å². The monoisotopic (exact) mass is 378 g/mol. The van der Waals surface area contributed by atoms with E-state index in [2.05, 4.69) is 42.8 Å². The zero-order chi connectivity index (χ0) is 19.2. The summed E-state index contributed by atoms with van der Waals surface area (Å²) in [6.45, 7) is 2.81. The fourth-order valence-electron chi connectivity index (χ4n) is 3.33. The van der Waals surface area contributed by atoms with Gasteiger partial charge in [-0.05, 0) is 55.2 Å². The van der Waals surface area contributed by atoms with Crippen LogP contribution in [0.3, 0.4) is 0 Å². The van der Waals surface area contributed by atoms with Crippen molar-refractivity contribution in [3.8, 4) is 0 Å². The maximum atomic E-state index is 13.7. The van der Waals surface area contributed by atoms with Gasteiger partial charge in [0.1, 0.15) is 5.82 Å². The third-order valence-electron chi connectivity index (χ3n) is 4.81. The molecular formula is C21H23FN6. The van der Waals surface area contributed by atoms with E-state index in [9.17, 15) is 4.39 Å². The number of aromatic nitrogens is 3. The number of halogens is 1. The highest BCUT2D eigenvalue weighted by Crippen LogP contribution is 2.23. The van der Waals surface area contributed by atoms with Crippen LogP contribution in [0, 0.1) is 5.82 Å². The standard InChI is InChI=1S/C21H23FN6/c22-19-6-2-1-5-16(19)11-12-23-20-15-24-27-21(26-20)25-17-7-9-18(10-8-17)28-13-3-4-14-28/h1-2,5-10,15H,3-4,11-14H2,(H2,23,25,26,27). The molecule has 4 rings (SSSR count). The van der Waals surface area contributed by atoms with Crippen LogP contribution in [0.2, 0.25) is 0 Å². The highest BCUT2D eigenvalue weighted by Gasteiger charge is 2.12. The molecule has 1 aliphatic rings. The molecule has 0 spiro atoms. The first kappa shape index (κ1) is 18.2. The van der Waals surface area contributed by atoms with Crippen molar-refractivity contribution in [3.05, 3.63) is 66.1 Å². The minimum atomic E-state index is -0.190. The number of hydrogen-bond acceptors (Lipinski definition) is 6. The summed E-state index contributed by atoms with van der Waals surface area (Å²) >= 11 is 0. The van der Waals surface area contributed by atoms with Crippen molar-refractivity contribution in [3.63, 3.8) is 0 Å².